The average molecular weight is 281 g/mol. The van der Waals surface area contributed by atoms with E-state index in [-0.39, 0.29) is 0 Å². The van der Waals surface area contributed by atoms with Gasteiger partial charge < -0.3 is 5.32 Å². The summed E-state index contributed by atoms with van der Waals surface area (Å²) < 4.78 is 0. The van der Waals surface area contributed by atoms with Gasteiger partial charge in [-0.3, -0.25) is 4.90 Å². The maximum absolute atomic E-state index is 3.87. The van der Waals surface area contributed by atoms with Gasteiger partial charge in [0.25, 0.3) is 0 Å². The molecule has 0 aromatic rings. The van der Waals surface area contributed by atoms with Crippen molar-refractivity contribution in [3.63, 3.8) is 0 Å². The first-order valence-electron chi connectivity index (χ1n) is 9.09. The van der Waals surface area contributed by atoms with Gasteiger partial charge in [0.15, 0.2) is 0 Å². The maximum Gasteiger partial charge on any atom is 0.0223 e. The van der Waals surface area contributed by atoms with Gasteiger partial charge in [-0.05, 0) is 56.9 Å². The Kier molecular flexibility index (Phi) is 6.35. The van der Waals surface area contributed by atoms with Gasteiger partial charge in [-0.1, -0.05) is 33.6 Å². The highest BCUT2D eigenvalue weighted by molar-refractivity contribution is 4.88. The molecule has 1 aliphatic carbocycles. The van der Waals surface area contributed by atoms with Gasteiger partial charge in [-0.2, -0.15) is 0 Å². The summed E-state index contributed by atoms with van der Waals surface area (Å²) in [4.78, 5) is 2.78. The van der Waals surface area contributed by atoms with Crippen LogP contribution in [0.4, 0.5) is 0 Å². The van der Waals surface area contributed by atoms with Gasteiger partial charge in [0.1, 0.15) is 0 Å². The molecular weight excluding hydrogens is 244 g/mol. The van der Waals surface area contributed by atoms with E-state index < -0.39 is 0 Å². The quantitative estimate of drug-likeness (QED) is 0.793. The van der Waals surface area contributed by atoms with Crippen molar-refractivity contribution in [1.29, 1.82) is 0 Å². The summed E-state index contributed by atoms with van der Waals surface area (Å²) in [5, 5.41) is 3.87. The van der Waals surface area contributed by atoms with Crippen molar-refractivity contribution in [2.24, 2.45) is 17.8 Å². The Labute approximate surface area is 126 Å². The average Bonchev–Trinajstić information content (AvgIpc) is 2.93. The third kappa shape index (κ3) is 4.21. The molecule has 0 amide bonds. The molecule has 2 nitrogen and oxygen atoms in total. The molecule has 1 saturated heterocycles. The van der Waals surface area contributed by atoms with E-state index in [1.807, 2.05) is 0 Å². The molecule has 2 heteroatoms. The second-order valence-electron chi connectivity index (χ2n) is 7.62. The Balaban J connectivity index is 1.94. The van der Waals surface area contributed by atoms with E-state index >= 15 is 0 Å². The lowest BCUT2D eigenvalue weighted by Gasteiger charge is -2.43. The van der Waals surface area contributed by atoms with E-state index in [9.17, 15) is 0 Å². The molecule has 0 spiro atoms. The molecule has 2 rings (SSSR count). The van der Waals surface area contributed by atoms with Crippen LogP contribution in [0.5, 0.6) is 0 Å². The molecule has 118 valence electrons. The van der Waals surface area contributed by atoms with Crippen LogP contribution < -0.4 is 5.32 Å². The lowest BCUT2D eigenvalue weighted by molar-refractivity contribution is 0.0627. The molecule has 2 aliphatic rings. The van der Waals surface area contributed by atoms with E-state index in [2.05, 4.69) is 37.9 Å². The molecule has 4 atom stereocenters. The molecular formula is C18H36N2. The molecule has 0 aromatic carbocycles. The molecule has 0 bridgehead atoms. The molecule has 1 saturated carbocycles. The van der Waals surface area contributed by atoms with Crippen molar-refractivity contribution in [3.8, 4) is 0 Å². The maximum atomic E-state index is 3.87. The van der Waals surface area contributed by atoms with Gasteiger partial charge in [-0.25, -0.2) is 0 Å². The molecule has 1 heterocycles. The summed E-state index contributed by atoms with van der Waals surface area (Å²) >= 11 is 0. The highest BCUT2D eigenvalue weighted by atomic mass is 15.2. The summed E-state index contributed by atoms with van der Waals surface area (Å²) in [5.74, 6) is 2.66. The number of rotatable bonds is 6. The fraction of sp³-hybridized carbons (Fsp3) is 1.00. The van der Waals surface area contributed by atoms with Crippen molar-refractivity contribution in [2.75, 3.05) is 19.6 Å². The van der Waals surface area contributed by atoms with Crippen LogP contribution in [0.3, 0.4) is 0 Å². The van der Waals surface area contributed by atoms with Gasteiger partial charge in [0.05, 0.1) is 0 Å². The van der Waals surface area contributed by atoms with Crippen LogP contribution >= 0.6 is 0 Å². The minimum Gasteiger partial charge on any atom is -0.312 e. The SMILES string of the molecule is CCCNC(CN1CC(C)CC(C)C1C)C1CCCC1. The van der Waals surface area contributed by atoms with Crippen LogP contribution in [0, 0.1) is 17.8 Å². The summed E-state index contributed by atoms with van der Waals surface area (Å²) in [6, 6.07) is 1.50. The monoisotopic (exact) mass is 280 g/mol. The topological polar surface area (TPSA) is 15.3 Å². The lowest BCUT2D eigenvalue weighted by atomic mass is 9.85. The summed E-state index contributed by atoms with van der Waals surface area (Å²) in [7, 11) is 0. The second-order valence-corrected chi connectivity index (χ2v) is 7.62. The van der Waals surface area contributed by atoms with Crippen molar-refractivity contribution in [1.82, 2.24) is 10.2 Å². The van der Waals surface area contributed by atoms with Crippen molar-refractivity contribution in [3.05, 3.63) is 0 Å². The van der Waals surface area contributed by atoms with Crippen LogP contribution in [-0.2, 0) is 0 Å². The predicted octanol–water partition coefficient (Wildman–Crippen LogP) is 3.91. The Morgan fingerprint density at radius 2 is 1.85 bits per heavy atom. The zero-order valence-electron chi connectivity index (χ0n) is 14.2. The molecule has 0 aromatic heterocycles. The largest absolute Gasteiger partial charge is 0.312 e. The van der Waals surface area contributed by atoms with Crippen molar-refractivity contribution >= 4 is 0 Å². The summed E-state index contributed by atoms with van der Waals surface area (Å²) in [6.07, 6.45) is 8.48. The number of piperidine rings is 1. The van der Waals surface area contributed by atoms with Crippen LogP contribution in [0.1, 0.15) is 66.2 Å². The Morgan fingerprint density at radius 1 is 1.15 bits per heavy atom. The van der Waals surface area contributed by atoms with E-state index in [4.69, 9.17) is 0 Å². The number of hydrogen-bond acceptors (Lipinski definition) is 2. The Hall–Kier alpha value is -0.0800. The fourth-order valence-electron chi connectivity index (χ4n) is 4.40. The fourth-order valence-corrected chi connectivity index (χ4v) is 4.40. The third-order valence-corrected chi connectivity index (χ3v) is 5.78. The smallest absolute Gasteiger partial charge is 0.0223 e. The van der Waals surface area contributed by atoms with E-state index in [1.54, 1.807) is 0 Å². The third-order valence-electron chi connectivity index (χ3n) is 5.78. The highest BCUT2D eigenvalue weighted by Crippen LogP contribution is 2.31. The van der Waals surface area contributed by atoms with E-state index in [0.29, 0.717) is 0 Å². The molecule has 20 heavy (non-hydrogen) atoms. The van der Waals surface area contributed by atoms with E-state index in [0.717, 1.165) is 29.8 Å². The molecule has 1 N–H and O–H groups in total. The van der Waals surface area contributed by atoms with Gasteiger partial charge in [0, 0.05) is 25.2 Å². The molecule has 2 fully saturated rings. The standard InChI is InChI=1S/C18H36N2/c1-5-10-19-18(17-8-6-7-9-17)13-20-12-14(2)11-15(3)16(20)4/h14-19H,5-13H2,1-4H3. The Morgan fingerprint density at radius 3 is 2.50 bits per heavy atom. The van der Waals surface area contributed by atoms with Crippen LogP contribution in [0.2, 0.25) is 0 Å². The van der Waals surface area contributed by atoms with E-state index in [1.165, 1.54) is 58.2 Å². The lowest BCUT2D eigenvalue weighted by Crippen LogP contribution is -2.53. The van der Waals surface area contributed by atoms with Crippen molar-refractivity contribution in [2.45, 2.75) is 78.3 Å². The zero-order chi connectivity index (χ0) is 14.5. The Bertz CT molecular complexity index is 273. The first kappa shape index (κ1) is 16.3. The summed E-state index contributed by atoms with van der Waals surface area (Å²) in [5.41, 5.74) is 0. The number of nitrogens with zero attached hydrogens (tertiary/aromatic N) is 1. The van der Waals surface area contributed by atoms with Crippen molar-refractivity contribution < 1.29 is 0 Å². The predicted molar refractivity (Wildman–Crippen MR) is 88.0 cm³/mol. The minimum atomic E-state index is 0.734. The van der Waals surface area contributed by atoms with Crippen LogP contribution in [0.15, 0.2) is 0 Å². The highest BCUT2D eigenvalue weighted by Gasteiger charge is 2.32. The zero-order valence-corrected chi connectivity index (χ0v) is 14.2. The first-order chi connectivity index (χ1) is 9.61. The van der Waals surface area contributed by atoms with Gasteiger partial charge >= 0.3 is 0 Å². The number of nitrogens with one attached hydrogen (secondary N) is 1. The molecule has 1 aliphatic heterocycles. The number of likely N-dealkylation sites (tertiary alicyclic amines) is 1. The van der Waals surface area contributed by atoms with Gasteiger partial charge in [0.2, 0.25) is 0 Å². The minimum absolute atomic E-state index is 0.734. The second kappa shape index (κ2) is 7.79. The number of hydrogen-bond donors (Lipinski definition) is 1. The summed E-state index contributed by atoms with van der Waals surface area (Å²) in [6.45, 7) is 13.4. The molecule has 4 unspecified atom stereocenters. The molecule has 0 radical (unpaired) electrons. The van der Waals surface area contributed by atoms with Crippen LogP contribution in [0.25, 0.3) is 0 Å². The van der Waals surface area contributed by atoms with Crippen LogP contribution in [-0.4, -0.2) is 36.6 Å². The first-order valence-corrected chi connectivity index (χ1v) is 9.09. The van der Waals surface area contributed by atoms with Gasteiger partial charge in [-0.15, -0.1) is 0 Å². The normalized spacial score (nSPS) is 34.5.